The van der Waals surface area contributed by atoms with E-state index < -0.39 is 0 Å². The number of aromatic nitrogens is 11. The standard InChI is InChI=1S/C25H20N4O2.C24H19N3O3.C24H19N3O2S.C23H19N3O3S.C20H19N3O3S/c1-31-24-20(25(30)27-15-19-8-4-5-13-26-19)11-12-21-22(24)23(29-28-21)18-10-9-16-6-2-3-7-17(16)14-18;1-29-23-19(24(28)25-13-15-10-11-30-14-15)8-9-20-21(23)22(27-26-20)18-7-6-16-4-2-3-5-17(16)12-18;1-29-23-19(24(28)25-14-18-7-4-12-30-18)10-11-20-21(23)22(27-26-20)17-9-8-15-5-2-3-6-16(15)13-17;1-28-22-16(23(27)24-11-10-15-6-4-12-30-15)8-9-17-20(22)21(26-25-17)19-13-14-5-2-3-7-18(14)29-19;1-25-19-13(20(24)21-9-10-27-2)7-8-14-17(19)18(23-22-14)16-11-12-5-3-4-6-15(12)26-16/h2-14H,15H2,1H3,(H,27,30)(H,28,29);2-12,14H,13H2,1H3,(H,25,28)(H,26,27);2-13H,14H2,1H3,(H,25,28)(H,26,27);2-9,12-13H,10-11H2,1H3,(H,24,27)(H,25,26);3-8,11H,9-10H2,1-2H3,(H,21,24)(H,22,23). The van der Waals surface area contributed by atoms with Crippen molar-refractivity contribution >= 4 is 173 Å². The molecule has 148 heavy (non-hydrogen) atoms. The molecule has 0 fully saturated rings. The fraction of sp³-hybridized carbons (Fsp3) is 0.112. The molecule has 13 aromatic carbocycles. The van der Waals surface area contributed by atoms with Crippen molar-refractivity contribution in [3.63, 3.8) is 0 Å². The Hall–Kier alpha value is -18.4. The van der Waals surface area contributed by atoms with Gasteiger partial charge in [-0.05, 0) is 189 Å². The van der Waals surface area contributed by atoms with Gasteiger partial charge in [0.1, 0.15) is 51.3 Å². The molecule has 0 spiro atoms. The molecule has 32 heteroatoms. The molecule has 0 aliphatic heterocycles. The van der Waals surface area contributed by atoms with E-state index in [4.69, 9.17) is 36.9 Å². The lowest BCUT2D eigenvalue weighted by molar-refractivity contribution is 0.0939. The third-order valence-electron chi connectivity index (χ3n) is 25.1. The molecular formula is C116H96N16O13S3. The van der Waals surface area contributed by atoms with Crippen LogP contribution < -0.4 is 50.3 Å². The van der Waals surface area contributed by atoms with E-state index in [9.17, 15) is 24.0 Å². The average molecular weight is 2020 g/mol. The van der Waals surface area contributed by atoms with Gasteiger partial charge in [0.15, 0.2) is 11.5 Å². The number of carbonyl (C=O) groups is 5. The molecule has 29 nitrogen and oxygen atoms in total. The SMILES string of the molecule is COc1c(C(=O)NCCSC)ccc2n[nH]c(-c3cc4ccccc4o3)c12.COc1c(C(=O)NCCc2cccs2)ccc2n[nH]c(-c3cc4ccccc4o3)c12.COc1c(C(=O)NCc2ccccn2)ccc2n[nH]c(-c3ccc4ccccc4c3)c12.COc1c(C(=O)NCc2cccs2)ccc2n[nH]c(-c3ccc4ccccc4c3)c12.COc1c(C(=O)NCc2ccoc2)ccc2n[nH]c(-c3ccc4ccccc4c3)c12. The summed E-state index contributed by atoms with van der Waals surface area (Å²) in [6, 6.07) is 96.1. The van der Waals surface area contributed by atoms with E-state index in [1.54, 1.807) is 119 Å². The number of carbonyl (C=O) groups excluding carboxylic acids is 5. The summed E-state index contributed by atoms with van der Waals surface area (Å²) < 4.78 is 45.4. The first-order valence-electron chi connectivity index (χ1n) is 47.3. The zero-order chi connectivity index (χ0) is 102. The average Bonchev–Trinajstić information content (AvgIpc) is 1.62. The quantitative estimate of drug-likeness (QED) is 0.0214. The maximum absolute atomic E-state index is 12.9. The van der Waals surface area contributed by atoms with Crippen molar-refractivity contribution in [3.8, 4) is 85.4 Å². The number of pyridine rings is 1. The van der Waals surface area contributed by atoms with Crippen molar-refractivity contribution in [1.82, 2.24) is 82.6 Å². The van der Waals surface area contributed by atoms with Gasteiger partial charge in [-0.15, -0.1) is 22.7 Å². The molecule has 0 aliphatic carbocycles. The lowest BCUT2D eigenvalue weighted by Gasteiger charge is -2.11. The van der Waals surface area contributed by atoms with Crippen LogP contribution in [0.25, 0.3) is 165 Å². The van der Waals surface area contributed by atoms with Gasteiger partial charge in [-0.1, -0.05) is 164 Å². The summed E-state index contributed by atoms with van der Waals surface area (Å²) in [7, 11) is 7.84. The molecule has 24 aromatic rings. The predicted molar refractivity (Wildman–Crippen MR) is 584 cm³/mol. The lowest BCUT2D eigenvalue weighted by atomic mass is 10.0. The minimum Gasteiger partial charge on any atom is -0.495 e. The molecule has 0 saturated heterocycles. The molecule has 0 unspecified atom stereocenters. The van der Waals surface area contributed by atoms with Crippen molar-refractivity contribution < 1.29 is 60.9 Å². The fourth-order valence-corrected chi connectivity index (χ4v) is 19.6. The van der Waals surface area contributed by atoms with Crippen molar-refractivity contribution in [2.24, 2.45) is 0 Å². The molecule has 0 radical (unpaired) electrons. The van der Waals surface area contributed by atoms with Crippen LogP contribution in [0.4, 0.5) is 0 Å². The minimum atomic E-state index is -0.227. The number of thiophene rings is 2. The van der Waals surface area contributed by atoms with E-state index in [1.165, 1.54) is 10.3 Å². The Balaban J connectivity index is 0.000000112. The monoisotopic (exact) mass is 2020 g/mol. The molecule has 0 saturated carbocycles. The smallest absolute Gasteiger partial charge is 0.255 e. The Morgan fingerprint density at radius 1 is 0.331 bits per heavy atom. The second-order valence-electron chi connectivity index (χ2n) is 34.1. The third kappa shape index (κ3) is 20.7. The molecule has 0 atom stereocenters. The number of benzene rings is 13. The van der Waals surface area contributed by atoms with Crippen molar-refractivity contribution in [3.05, 3.63) is 376 Å². The summed E-state index contributed by atoms with van der Waals surface area (Å²) in [5.41, 5.74) is 16.0. The molecule has 11 aromatic heterocycles. The number of methoxy groups -OCH3 is 5. The van der Waals surface area contributed by atoms with Crippen LogP contribution in [-0.4, -0.2) is 146 Å². The number of hydrogen-bond donors (Lipinski definition) is 10. The van der Waals surface area contributed by atoms with Crippen molar-refractivity contribution in [2.45, 2.75) is 26.1 Å². The van der Waals surface area contributed by atoms with Crippen LogP contribution in [0.3, 0.4) is 0 Å². The van der Waals surface area contributed by atoms with Gasteiger partial charge in [-0.25, -0.2) is 0 Å². The molecule has 0 bridgehead atoms. The van der Waals surface area contributed by atoms with Crippen molar-refractivity contribution in [2.75, 3.05) is 60.6 Å². The van der Waals surface area contributed by atoms with Gasteiger partial charge < -0.3 is 63.5 Å². The Kier molecular flexibility index (Phi) is 29.3. The fourth-order valence-electron chi connectivity index (χ4n) is 17.9. The number of ether oxygens (including phenoxy) is 5. The predicted octanol–water partition coefficient (Wildman–Crippen LogP) is 24.1. The first-order chi connectivity index (χ1) is 72.7. The van der Waals surface area contributed by atoms with E-state index >= 15 is 0 Å². The van der Waals surface area contributed by atoms with Crippen LogP contribution in [-0.2, 0) is 26.1 Å². The van der Waals surface area contributed by atoms with E-state index in [2.05, 4.69) is 167 Å². The zero-order valence-electron chi connectivity index (χ0n) is 80.8. The van der Waals surface area contributed by atoms with Crippen LogP contribution >= 0.6 is 34.4 Å². The van der Waals surface area contributed by atoms with Gasteiger partial charge in [-0.2, -0.15) is 37.3 Å². The van der Waals surface area contributed by atoms with E-state index in [-0.39, 0.29) is 29.5 Å². The number of rotatable bonds is 27. The van der Waals surface area contributed by atoms with Gasteiger partial charge in [0.25, 0.3) is 29.5 Å². The highest BCUT2D eigenvalue weighted by Gasteiger charge is 2.29. The molecule has 10 N–H and O–H groups in total. The van der Waals surface area contributed by atoms with Gasteiger partial charge in [0.2, 0.25) is 0 Å². The maximum atomic E-state index is 12.9. The minimum absolute atomic E-state index is 0.167. The number of hydrogen-bond acceptors (Lipinski definition) is 22. The van der Waals surface area contributed by atoms with Crippen LogP contribution in [0.5, 0.6) is 28.7 Å². The van der Waals surface area contributed by atoms with Crippen LogP contribution in [0, 0.1) is 0 Å². The van der Waals surface area contributed by atoms with E-state index in [0.717, 1.165) is 154 Å². The Morgan fingerprint density at radius 3 is 1.05 bits per heavy atom. The number of fused-ring (bicyclic) bond motifs is 10. The number of aromatic amines is 5. The molecule has 736 valence electrons. The highest BCUT2D eigenvalue weighted by molar-refractivity contribution is 7.98. The first kappa shape index (κ1) is 97.1. The normalized spacial score (nSPS) is 11.1. The Bertz CT molecular complexity index is 8660. The lowest BCUT2D eigenvalue weighted by Crippen LogP contribution is -2.26. The Morgan fingerprint density at radius 2 is 0.682 bits per heavy atom. The number of nitrogens with zero attached hydrogens (tertiary/aromatic N) is 6. The first-order valence-corrected chi connectivity index (χ1v) is 50.4. The topological polar surface area (TPSA) is 387 Å². The second-order valence-corrected chi connectivity index (χ2v) is 37.1. The number of furan rings is 3. The van der Waals surface area contributed by atoms with Gasteiger partial charge in [-0.3, -0.25) is 54.5 Å². The summed E-state index contributed by atoms with van der Waals surface area (Å²) in [6.45, 7) is 2.36. The van der Waals surface area contributed by atoms with Crippen LogP contribution in [0.1, 0.15) is 72.8 Å². The van der Waals surface area contributed by atoms with Gasteiger partial charge >= 0.3 is 0 Å². The number of H-pyrrole nitrogens is 5. The number of thioether (sulfide) groups is 1. The maximum Gasteiger partial charge on any atom is 0.255 e. The third-order valence-corrected chi connectivity index (χ3v) is 27.5. The summed E-state index contributed by atoms with van der Waals surface area (Å²) in [4.78, 5) is 70.7. The Labute approximate surface area is 858 Å². The van der Waals surface area contributed by atoms with Crippen LogP contribution in [0.15, 0.2) is 340 Å². The van der Waals surface area contributed by atoms with Crippen LogP contribution in [0.2, 0.25) is 0 Å². The van der Waals surface area contributed by atoms with Gasteiger partial charge in [0, 0.05) is 74.4 Å². The molecule has 5 amide bonds. The molecule has 0 aliphatic rings. The molecule has 11 heterocycles. The number of nitrogens with one attached hydrogen (secondary N) is 10. The zero-order valence-corrected chi connectivity index (χ0v) is 83.3. The summed E-state index contributed by atoms with van der Waals surface area (Å²) >= 11 is 4.98. The summed E-state index contributed by atoms with van der Waals surface area (Å²) in [5.74, 6) is 3.65. The highest BCUT2D eigenvalue weighted by atomic mass is 32.2. The number of amides is 5. The van der Waals surface area contributed by atoms with Gasteiger partial charge in [0.05, 0.1) is 166 Å². The largest absolute Gasteiger partial charge is 0.495 e. The molecule has 24 rings (SSSR count). The summed E-state index contributed by atoms with van der Waals surface area (Å²) in [6.07, 6.45) is 7.69. The van der Waals surface area contributed by atoms with Crippen molar-refractivity contribution in [1.29, 1.82) is 0 Å². The highest BCUT2D eigenvalue weighted by Crippen LogP contribution is 2.45. The number of para-hydroxylation sites is 2. The second kappa shape index (κ2) is 44.6. The van der Waals surface area contributed by atoms with E-state index in [0.29, 0.717) is 123 Å². The van der Waals surface area contributed by atoms with E-state index in [1.807, 2.05) is 199 Å². The summed E-state index contributed by atoms with van der Waals surface area (Å²) in [5, 5.41) is 68.9. The molecular weight excluding hydrogens is 1920 g/mol.